The average molecular weight is 274 g/mol. The van der Waals surface area contributed by atoms with E-state index in [0.29, 0.717) is 5.69 Å². The number of hydrogen-bond acceptors (Lipinski definition) is 4. The van der Waals surface area contributed by atoms with Gasteiger partial charge in [-0.3, -0.25) is 0 Å². The van der Waals surface area contributed by atoms with Crippen LogP contribution in [-0.2, 0) is 6.18 Å². The molecule has 106 valence electrons. The molecule has 0 radical (unpaired) electrons. The lowest BCUT2D eigenvalue weighted by atomic mass is 10.1. The van der Waals surface area contributed by atoms with Crippen LogP contribution in [0.5, 0.6) is 0 Å². The normalized spacial score (nSPS) is 20.0. The summed E-state index contributed by atoms with van der Waals surface area (Å²) in [5.74, 6) is -0.0152. The van der Waals surface area contributed by atoms with Crippen LogP contribution in [0.3, 0.4) is 0 Å². The molecular weight excluding hydrogens is 257 g/mol. The van der Waals surface area contributed by atoms with E-state index in [0.717, 1.165) is 25.6 Å². The van der Waals surface area contributed by atoms with Crippen LogP contribution in [0.4, 0.5) is 19.1 Å². The molecule has 1 aromatic rings. The maximum absolute atomic E-state index is 12.8. The molecule has 1 aliphatic heterocycles. The van der Waals surface area contributed by atoms with Crippen LogP contribution < -0.4 is 10.6 Å². The molecular formula is C12H17F3N4. The van der Waals surface area contributed by atoms with Crippen LogP contribution >= 0.6 is 0 Å². The Bertz CT molecular complexity index is 439. The number of aromatic nitrogens is 2. The van der Waals surface area contributed by atoms with Crippen molar-refractivity contribution < 1.29 is 13.2 Å². The molecule has 2 N–H and O–H groups in total. The molecule has 1 fully saturated rings. The monoisotopic (exact) mass is 274 g/mol. The van der Waals surface area contributed by atoms with Crippen molar-refractivity contribution in [3.05, 3.63) is 17.5 Å². The van der Waals surface area contributed by atoms with Gasteiger partial charge in [-0.15, -0.1) is 0 Å². The van der Waals surface area contributed by atoms with E-state index in [1.165, 1.54) is 0 Å². The lowest BCUT2D eigenvalue weighted by Crippen LogP contribution is -2.24. The Hall–Kier alpha value is -1.37. The molecule has 0 saturated carbocycles. The first-order chi connectivity index (χ1) is 8.86. The SMILES string of the molecule is CC(C)c1cc(C(F)(F)F)nc(NC2CCNC2)n1. The van der Waals surface area contributed by atoms with Gasteiger partial charge >= 0.3 is 6.18 Å². The lowest BCUT2D eigenvalue weighted by Gasteiger charge is -2.15. The van der Waals surface area contributed by atoms with Crippen LogP contribution in [0.2, 0.25) is 0 Å². The van der Waals surface area contributed by atoms with Gasteiger partial charge in [-0.1, -0.05) is 13.8 Å². The second kappa shape index (κ2) is 5.32. The maximum Gasteiger partial charge on any atom is 0.433 e. The third-order valence-electron chi connectivity index (χ3n) is 3.02. The molecule has 0 aliphatic carbocycles. The fraction of sp³-hybridized carbons (Fsp3) is 0.667. The van der Waals surface area contributed by atoms with Gasteiger partial charge in [-0.05, 0) is 24.9 Å². The molecule has 1 aliphatic rings. The standard InChI is InChI=1S/C12H17F3N4/c1-7(2)9-5-10(12(13,14)15)19-11(18-9)17-8-3-4-16-6-8/h5,7-8,16H,3-4,6H2,1-2H3,(H,17,18,19). The quantitative estimate of drug-likeness (QED) is 0.888. The highest BCUT2D eigenvalue weighted by Gasteiger charge is 2.34. The molecule has 2 rings (SSSR count). The van der Waals surface area contributed by atoms with E-state index in [9.17, 15) is 13.2 Å². The molecule has 1 atom stereocenters. The van der Waals surface area contributed by atoms with E-state index in [1.807, 2.05) is 13.8 Å². The zero-order chi connectivity index (χ0) is 14.0. The molecule has 7 heteroatoms. The number of rotatable bonds is 3. The summed E-state index contributed by atoms with van der Waals surface area (Å²) >= 11 is 0. The molecule has 4 nitrogen and oxygen atoms in total. The Kier molecular flexibility index (Phi) is 3.93. The summed E-state index contributed by atoms with van der Waals surface area (Å²) in [5.41, 5.74) is -0.490. The highest BCUT2D eigenvalue weighted by atomic mass is 19.4. The summed E-state index contributed by atoms with van der Waals surface area (Å²) in [5, 5.41) is 6.10. The second-order valence-corrected chi connectivity index (χ2v) is 4.99. The summed E-state index contributed by atoms with van der Waals surface area (Å²) in [6, 6.07) is 1.10. The van der Waals surface area contributed by atoms with E-state index in [-0.39, 0.29) is 17.9 Å². The minimum absolute atomic E-state index is 0.0622. The van der Waals surface area contributed by atoms with Crippen molar-refractivity contribution in [2.45, 2.75) is 38.4 Å². The first-order valence-corrected chi connectivity index (χ1v) is 6.29. The topological polar surface area (TPSA) is 49.8 Å². The third-order valence-corrected chi connectivity index (χ3v) is 3.02. The number of anilines is 1. The minimum Gasteiger partial charge on any atom is -0.350 e. The summed E-state index contributed by atoms with van der Waals surface area (Å²) in [7, 11) is 0. The summed E-state index contributed by atoms with van der Waals surface area (Å²) in [6.45, 7) is 5.19. The molecule has 0 spiro atoms. The van der Waals surface area contributed by atoms with Crippen LogP contribution in [0.15, 0.2) is 6.07 Å². The van der Waals surface area contributed by atoms with E-state index in [2.05, 4.69) is 20.6 Å². The van der Waals surface area contributed by atoms with Crippen LogP contribution in [0.1, 0.15) is 37.6 Å². The van der Waals surface area contributed by atoms with Crippen molar-refractivity contribution in [2.24, 2.45) is 0 Å². The molecule has 1 unspecified atom stereocenters. The van der Waals surface area contributed by atoms with E-state index in [4.69, 9.17) is 0 Å². The van der Waals surface area contributed by atoms with Gasteiger partial charge in [0, 0.05) is 18.3 Å². The van der Waals surface area contributed by atoms with E-state index >= 15 is 0 Å². The van der Waals surface area contributed by atoms with Gasteiger partial charge in [0.2, 0.25) is 5.95 Å². The van der Waals surface area contributed by atoms with Gasteiger partial charge in [-0.2, -0.15) is 13.2 Å². The second-order valence-electron chi connectivity index (χ2n) is 4.99. The number of halogens is 3. The third kappa shape index (κ3) is 3.56. The Morgan fingerprint density at radius 1 is 1.37 bits per heavy atom. The predicted octanol–water partition coefficient (Wildman–Crippen LogP) is 2.39. The Balaban J connectivity index is 2.28. The van der Waals surface area contributed by atoms with Crippen molar-refractivity contribution in [3.8, 4) is 0 Å². The van der Waals surface area contributed by atoms with E-state index in [1.54, 1.807) is 0 Å². The number of hydrogen-bond donors (Lipinski definition) is 2. The fourth-order valence-electron chi connectivity index (χ4n) is 1.93. The summed E-state index contributed by atoms with van der Waals surface area (Å²) in [6.07, 6.45) is -3.59. The van der Waals surface area contributed by atoms with Crippen molar-refractivity contribution in [2.75, 3.05) is 18.4 Å². The Morgan fingerprint density at radius 2 is 2.11 bits per heavy atom. The molecule has 1 saturated heterocycles. The van der Waals surface area contributed by atoms with Gasteiger partial charge in [0.25, 0.3) is 0 Å². The molecule has 19 heavy (non-hydrogen) atoms. The largest absolute Gasteiger partial charge is 0.433 e. The highest BCUT2D eigenvalue weighted by Crippen LogP contribution is 2.30. The average Bonchev–Trinajstić information content (AvgIpc) is 2.80. The Labute approximate surface area is 109 Å². The molecule has 0 amide bonds. The van der Waals surface area contributed by atoms with Crippen LogP contribution in [0, 0.1) is 0 Å². The molecule has 2 heterocycles. The first kappa shape index (κ1) is 14.0. The van der Waals surface area contributed by atoms with Gasteiger partial charge in [0.05, 0.1) is 0 Å². The zero-order valence-electron chi connectivity index (χ0n) is 10.9. The Morgan fingerprint density at radius 3 is 2.63 bits per heavy atom. The summed E-state index contributed by atoms with van der Waals surface area (Å²) < 4.78 is 38.4. The molecule has 1 aromatic heterocycles. The zero-order valence-corrected chi connectivity index (χ0v) is 10.9. The molecule has 0 bridgehead atoms. The first-order valence-electron chi connectivity index (χ1n) is 6.29. The van der Waals surface area contributed by atoms with Crippen LogP contribution in [-0.4, -0.2) is 29.1 Å². The van der Waals surface area contributed by atoms with Gasteiger partial charge in [-0.25, -0.2) is 9.97 Å². The number of nitrogens with zero attached hydrogens (tertiary/aromatic N) is 2. The molecule has 0 aromatic carbocycles. The summed E-state index contributed by atoms with van der Waals surface area (Å²) in [4.78, 5) is 7.74. The number of alkyl halides is 3. The van der Waals surface area contributed by atoms with Crippen molar-refractivity contribution in [1.29, 1.82) is 0 Å². The predicted molar refractivity (Wildman–Crippen MR) is 66.0 cm³/mol. The number of nitrogens with one attached hydrogen (secondary N) is 2. The fourth-order valence-corrected chi connectivity index (χ4v) is 1.93. The highest BCUT2D eigenvalue weighted by molar-refractivity contribution is 5.32. The van der Waals surface area contributed by atoms with Gasteiger partial charge in [0.1, 0.15) is 5.69 Å². The maximum atomic E-state index is 12.8. The van der Waals surface area contributed by atoms with Crippen molar-refractivity contribution in [1.82, 2.24) is 15.3 Å². The van der Waals surface area contributed by atoms with E-state index < -0.39 is 11.9 Å². The lowest BCUT2D eigenvalue weighted by molar-refractivity contribution is -0.141. The minimum atomic E-state index is -4.45. The smallest absolute Gasteiger partial charge is 0.350 e. The van der Waals surface area contributed by atoms with Crippen LogP contribution in [0.25, 0.3) is 0 Å². The van der Waals surface area contributed by atoms with Gasteiger partial charge < -0.3 is 10.6 Å². The van der Waals surface area contributed by atoms with Gasteiger partial charge in [0.15, 0.2) is 0 Å². The van der Waals surface area contributed by atoms with Crippen molar-refractivity contribution in [3.63, 3.8) is 0 Å². The van der Waals surface area contributed by atoms with Crippen molar-refractivity contribution >= 4 is 5.95 Å².